The molecule has 0 saturated heterocycles. The van der Waals surface area contributed by atoms with Gasteiger partial charge in [0.2, 0.25) is 0 Å². The van der Waals surface area contributed by atoms with Crippen molar-refractivity contribution in [3.63, 3.8) is 0 Å². The summed E-state index contributed by atoms with van der Waals surface area (Å²) in [7, 11) is 0. The number of amides is 1. The van der Waals surface area contributed by atoms with Crippen LogP contribution in [0.4, 0.5) is 5.69 Å². The van der Waals surface area contributed by atoms with Gasteiger partial charge in [-0.2, -0.15) is 0 Å². The van der Waals surface area contributed by atoms with E-state index in [4.69, 9.17) is 9.47 Å². The van der Waals surface area contributed by atoms with Crippen LogP contribution in [0.1, 0.15) is 56.1 Å². The summed E-state index contributed by atoms with van der Waals surface area (Å²) in [4.78, 5) is 35.9. The molecule has 8 heteroatoms. The minimum atomic E-state index is -0.919. The Labute approximate surface area is 175 Å². The molecule has 1 N–H and O–H groups in total. The predicted octanol–water partition coefficient (Wildman–Crippen LogP) is 4.19. The van der Waals surface area contributed by atoms with Crippen molar-refractivity contribution >= 4 is 17.6 Å². The zero-order valence-electron chi connectivity index (χ0n) is 17.5. The molecule has 0 spiro atoms. The number of carbonyl (C=O) groups is 2. The number of nitro benzene ring substituents is 1. The molecule has 0 saturated carbocycles. The maximum absolute atomic E-state index is 12.8. The molecule has 1 amide bonds. The molecule has 0 aliphatic carbocycles. The number of nitrogens with one attached hydrogen (secondary N) is 1. The Morgan fingerprint density at radius 1 is 1.00 bits per heavy atom. The number of nitro groups is 1. The molecule has 8 nitrogen and oxygen atoms in total. The van der Waals surface area contributed by atoms with Gasteiger partial charge >= 0.3 is 5.97 Å². The lowest BCUT2D eigenvalue weighted by molar-refractivity contribution is -0.385. The molecule has 2 rings (SSSR count). The molecule has 30 heavy (non-hydrogen) atoms. The first-order valence-corrected chi connectivity index (χ1v) is 9.67. The monoisotopic (exact) mass is 414 g/mol. The van der Waals surface area contributed by atoms with E-state index in [2.05, 4.69) is 5.32 Å². The van der Waals surface area contributed by atoms with Gasteiger partial charge in [0, 0.05) is 11.6 Å². The van der Waals surface area contributed by atoms with Crippen LogP contribution in [-0.4, -0.2) is 29.0 Å². The molecule has 0 radical (unpaired) electrons. The average molecular weight is 414 g/mol. The van der Waals surface area contributed by atoms with Crippen LogP contribution in [0.15, 0.2) is 48.5 Å². The van der Waals surface area contributed by atoms with Gasteiger partial charge in [0.1, 0.15) is 5.75 Å². The fourth-order valence-corrected chi connectivity index (χ4v) is 2.86. The SMILES string of the molecule is CC(C)OC(=O)CC(NC(=O)c1ccc(OC(C)C)cc1)c1ccccc1[N+](=O)[O-]. The number of hydrogen-bond donors (Lipinski definition) is 1. The Kier molecular flexibility index (Phi) is 7.91. The Bertz CT molecular complexity index is 893. The van der Waals surface area contributed by atoms with Gasteiger partial charge in [-0.05, 0) is 52.0 Å². The van der Waals surface area contributed by atoms with E-state index in [9.17, 15) is 19.7 Å². The average Bonchev–Trinajstić information content (AvgIpc) is 2.66. The van der Waals surface area contributed by atoms with Gasteiger partial charge in [-0.25, -0.2) is 0 Å². The van der Waals surface area contributed by atoms with Crippen molar-refractivity contribution in [3.05, 3.63) is 69.8 Å². The number of esters is 1. The maximum Gasteiger partial charge on any atom is 0.308 e. The van der Waals surface area contributed by atoms with Gasteiger partial charge in [0.15, 0.2) is 0 Å². The van der Waals surface area contributed by atoms with E-state index in [0.29, 0.717) is 11.3 Å². The molecule has 0 heterocycles. The van der Waals surface area contributed by atoms with Crippen molar-refractivity contribution < 1.29 is 24.0 Å². The van der Waals surface area contributed by atoms with Crippen LogP contribution in [0, 0.1) is 10.1 Å². The smallest absolute Gasteiger partial charge is 0.308 e. The third-order valence-electron chi connectivity index (χ3n) is 4.04. The van der Waals surface area contributed by atoms with E-state index in [-0.39, 0.29) is 29.9 Å². The second-order valence-electron chi connectivity index (χ2n) is 7.28. The molecular weight excluding hydrogens is 388 g/mol. The van der Waals surface area contributed by atoms with Gasteiger partial charge < -0.3 is 14.8 Å². The van der Waals surface area contributed by atoms with E-state index in [1.165, 1.54) is 18.2 Å². The fourth-order valence-electron chi connectivity index (χ4n) is 2.86. The molecule has 160 valence electrons. The van der Waals surface area contributed by atoms with E-state index < -0.39 is 22.8 Å². The quantitative estimate of drug-likeness (QED) is 0.374. The van der Waals surface area contributed by atoms with Gasteiger partial charge in [-0.3, -0.25) is 19.7 Å². The zero-order valence-corrected chi connectivity index (χ0v) is 17.5. The van der Waals surface area contributed by atoms with Crippen LogP contribution in [0.3, 0.4) is 0 Å². The molecular formula is C22H26N2O6. The second kappa shape index (κ2) is 10.4. The van der Waals surface area contributed by atoms with Gasteiger partial charge in [0.25, 0.3) is 11.6 Å². The van der Waals surface area contributed by atoms with Crippen molar-refractivity contribution in [1.29, 1.82) is 0 Å². The standard InChI is InChI=1S/C22H26N2O6/c1-14(2)29-17-11-9-16(10-12-17)22(26)23-19(13-21(25)30-15(3)4)18-7-5-6-8-20(18)24(27)28/h5-12,14-15,19H,13H2,1-4H3,(H,23,26). The summed E-state index contributed by atoms with van der Waals surface area (Å²) in [5.41, 5.74) is 0.393. The highest BCUT2D eigenvalue weighted by atomic mass is 16.6. The molecule has 1 unspecified atom stereocenters. The molecule has 2 aromatic carbocycles. The third-order valence-corrected chi connectivity index (χ3v) is 4.04. The molecule has 0 bridgehead atoms. The van der Waals surface area contributed by atoms with Crippen LogP contribution >= 0.6 is 0 Å². The van der Waals surface area contributed by atoms with Gasteiger partial charge in [0.05, 0.1) is 35.2 Å². The lowest BCUT2D eigenvalue weighted by Crippen LogP contribution is -2.31. The summed E-state index contributed by atoms with van der Waals surface area (Å²) >= 11 is 0. The summed E-state index contributed by atoms with van der Waals surface area (Å²) in [5, 5.41) is 14.2. The molecule has 0 aliphatic rings. The number of hydrogen-bond acceptors (Lipinski definition) is 6. The highest BCUT2D eigenvalue weighted by molar-refractivity contribution is 5.95. The maximum atomic E-state index is 12.8. The minimum absolute atomic E-state index is 0.000318. The number of nitrogens with zero attached hydrogens (tertiary/aromatic N) is 1. The molecule has 1 atom stereocenters. The summed E-state index contributed by atoms with van der Waals surface area (Å²) in [6.07, 6.45) is -0.573. The van der Waals surface area contributed by atoms with Crippen LogP contribution in [-0.2, 0) is 9.53 Å². The van der Waals surface area contributed by atoms with Crippen molar-refractivity contribution in [2.24, 2.45) is 0 Å². The third kappa shape index (κ3) is 6.58. The Morgan fingerprint density at radius 3 is 2.20 bits per heavy atom. The number of carbonyl (C=O) groups excluding carboxylic acids is 2. The summed E-state index contributed by atoms with van der Waals surface area (Å²) in [5.74, 6) is -0.405. The van der Waals surface area contributed by atoms with Crippen LogP contribution in [0.5, 0.6) is 5.75 Å². The molecule has 0 aliphatic heterocycles. The van der Waals surface area contributed by atoms with E-state index in [1.54, 1.807) is 44.2 Å². The van der Waals surface area contributed by atoms with Gasteiger partial charge in [-0.1, -0.05) is 18.2 Å². The fraction of sp³-hybridized carbons (Fsp3) is 0.364. The number of benzene rings is 2. The molecule has 0 fully saturated rings. The van der Waals surface area contributed by atoms with Crippen molar-refractivity contribution in [2.45, 2.75) is 52.4 Å². The lowest BCUT2D eigenvalue weighted by atomic mass is 10.0. The Balaban J connectivity index is 2.27. The predicted molar refractivity (Wildman–Crippen MR) is 111 cm³/mol. The number of rotatable bonds is 9. The van der Waals surface area contributed by atoms with Crippen molar-refractivity contribution in [1.82, 2.24) is 5.32 Å². The van der Waals surface area contributed by atoms with E-state index >= 15 is 0 Å². The summed E-state index contributed by atoms with van der Waals surface area (Å²) in [6.45, 7) is 7.21. The Morgan fingerprint density at radius 2 is 1.63 bits per heavy atom. The summed E-state index contributed by atoms with van der Waals surface area (Å²) < 4.78 is 10.7. The van der Waals surface area contributed by atoms with Crippen LogP contribution in [0.25, 0.3) is 0 Å². The van der Waals surface area contributed by atoms with Crippen molar-refractivity contribution in [3.8, 4) is 5.75 Å². The van der Waals surface area contributed by atoms with E-state index in [1.807, 2.05) is 13.8 Å². The number of para-hydroxylation sites is 1. The normalized spacial score (nSPS) is 11.8. The van der Waals surface area contributed by atoms with Crippen molar-refractivity contribution in [2.75, 3.05) is 0 Å². The summed E-state index contributed by atoms with van der Waals surface area (Å²) in [6, 6.07) is 11.6. The topological polar surface area (TPSA) is 108 Å². The lowest BCUT2D eigenvalue weighted by Gasteiger charge is -2.19. The minimum Gasteiger partial charge on any atom is -0.491 e. The van der Waals surface area contributed by atoms with Crippen LogP contribution < -0.4 is 10.1 Å². The second-order valence-corrected chi connectivity index (χ2v) is 7.28. The Hall–Kier alpha value is -3.42. The first-order chi connectivity index (χ1) is 14.2. The highest BCUT2D eigenvalue weighted by Gasteiger charge is 2.27. The molecule has 0 aromatic heterocycles. The largest absolute Gasteiger partial charge is 0.491 e. The first kappa shape index (κ1) is 22.9. The first-order valence-electron chi connectivity index (χ1n) is 9.67. The zero-order chi connectivity index (χ0) is 22.3. The number of ether oxygens (including phenoxy) is 2. The van der Waals surface area contributed by atoms with E-state index in [0.717, 1.165) is 0 Å². The van der Waals surface area contributed by atoms with Crippen LogP contribution in [0.2, 0.25) is 0 Å². The van der Waals surface area contributed by atoms with Gasteiger partial charge in [-0.15, -0.1) is 0 Å². The highest BCUT2D eigenvalue weighted by Crippen LogP contribution is 2.28. The molecule has 2 aromatic rings.